The van der Waals surface area contributed by atoms with E-state index in [-0.39, 0.29) is 17.8 Å². The first-order chi connectivity index (χ1) is 13.4. The van der Waals surface area contributed by atoms with Gasteiger partial charge in [-0.15, -0.1) is 0 Å². The van der Waals surface area contributed by atoms with Crippen LogP contribution in [0, 0.1) is 10.1 Å². The Labute approximate surface area is 161 Å². The Kier molecular flexibility index (Phi) is 6.91. The van der Waals surface area contributed by atoms with Gasteiger partial charge < -0.3 is 20.1 Å². The highest BCUT2D eigenvalue weighted by Crippen LogP contribution is 2.23. The van der Waals surface area contributed by atoms with Gasteiger partial charge in [-0.2, -0.15) is 0 Å². The summed E-state index contributed by atoms with van der Waals surface area (Å²) in [4.78, 5) is 35.0. The van der Waals surface area contributed by atoms with Gasteiger partial charge in [0.05, 0.1) is 17.6 Å². The Morgan fingerprint density at radius 1 is 1.21 bits per heavy atom. The zero-order valence-electron chi connectivity index (χ0n) is 15.7. The Morgan fingerprint density at radius 3 is 2.57 bits per heavy atom. The van der Waals surface area contributed by atoms with Crippen LogP contribution in [0.1, 0.15) is 22.8 Å². The smallest absolute Gasteiger partial charge is 0.341 e. The Bertz CT molecular complexity index is 884. The number of benzene rings is 2. The Hall–Kier alpha value is -3.62. The number of carbonyl (C=O) groups excluding carboxylic acids is 2. The average molecular weight is 387 g/mol. The normalized spacial score (nSPS) is 11.2. The number of methoxy groups -OCH3 is 1. The van der Waals surface area contributed by atoms with Crippen molar-refractivity contribution in [2.45, 2.75) is 19.6 Å². The van der Waals surface area contributed by atoms with Crippen molar-refractivity contribution >= 4 is 23.3 Å². The van der Waals surface area contributed by atoms with Crippen molar-refractivity contribution in [1.82, 2.24) is 5.32 Å². The zero-order valence-corrected chi connectivity index (χ0v) is 15.7. The van der Waals surface area contributed by atoms with E-state index in [0.717, 1.165) is 11.6 Å². The fourth-order valence-electron chi connectivity index (χ4n) is 2.49. The lowest BCUT2D eigenvalue weighted by atomic mass is 10.1. The molecule has 0 aliphatic heterocycles. The van der Waals surface area contributed by atoms with Crippen molar-refractivity contribution in [3.05, 3.63) is 63.7 Å². The minimum atomic E-state index is -1.09. The van der Waals surface area contributed by atoms with Crippen LogP contribution in [-0.4, -0.2) is 37.1 Å². The summed E-state index contributed by atoms with van der Waals surface area (Å²) in [6.07, 6.45) is -1.09. The summed E-state index contributed by atoms with van der Waals surface area (Å²) in [5.41, 5.74) is 0.852. The molecule has 2 rings (SSSR count). The van der Waals surface area contributed by atoms with E-state index < -0.39 is 22.9 Å². The average Bonchev–Trinajstić information content (AvgIpc) is 2.71. The molecule has 0 saturated carbocycles. The number of hydrogen-bond donors (Lipinski definition) is 2. The van der Waals surface area contributed by atoms with Crippen molar-refractivity contribution < 1.29 is 24.0 Å². The van der Waals surface area contributed by atoms with Gasteiger partial charge in [0.15, 0.2) is 6.10 Å². The van der Waals surface area contributed by atoms with E-state index in [2.05, 4.69) is 10.6 Å². The molecule has 28 heavy (non-hydrogen) atoms. The molecule has 0 unspecified atom stereocenters. The van der Waals surface area contributed by atoms with Gasteiger partial charge in [-0.3, -0.25) is 14.9 Å². The number of amides is 1. The summed E-state index contributed by atoms with van der Waals surface area (Å²) in [7, 11) is 3.10. The number of para-hydroxylation sites is 1. The fraction of sp³-hybridized carbons (Fsp3) is 0.263. The molecule has 2 N–H and O–H groups in total. The number of anilines is 1. The van der Waals surface area contributed by atoms with E-state index in [0.29, 0.717) is 11.4 Å². The second-order valence-electron chi connectivity index (χ2n) is 5.81. The summed E-state index contributed by atoms with van der Waals surface area (Å²) in [6.45, 7) is 1.62. The maximum absolute atomic E-state index is 12.4. The van der Waals surface area contributed by atoms with Gasteiger partial charge >= 0.3 is 5.97 Å². The van der Waals surface area contributed by atoms with E-state index in [4.69, 9.17) is 9.47 Å². The van der Waals surface area contributed by atoms with Crippen LogP contribution in [0.15, 0.2) is 42.5 Å². The quantitative estimate of drug-likeness (QED) is 0.406. The van der Waals surface area contributed by atoms with Crippen molar-refractivity contribution in [3.63, 3.8) is 0 Å². The number of nitrogens with zero attached hydrogens (tertiary/aromatic N) is 1. The number of nitro groups is 1. The number of carbonyl (C=O) groups is 2. The molecule has 0 aromatic heterocycles. The molecular formula is C19H21N3O6. The van der Waals surface area contributed by atoms with Crippen LogP contribution in [0.5, 0.6) is 5.75 Å². The predicted molar refractivity (Wildman–Crippen MR) is 102 cm³/mol. The van der Waals surface area contributed by atoms with Gasteiger partial charge in [-0.05, 0) is 19.1 Å². The number of rotatable bonds is 8. The second-order valence-corrected chi connectivity index (χ2v) is 5.81. The van der Waals surface area contributed by atoms with Gasteiger partial charge in [-0.1, -0.05) is 18.2 Å². The highest BCUT2D eigenvalue weighted by molar-refractivity contribution is 5.98. The van der Waals surface area contributed by atoms with Gasteiger partial charge in [0.1, 0.15) is 5.75 Å². The third-order valence-corrected chi connectivity index (χ3v) is 4.00. The van der Waals surface area contributed by atoms with E-state index in [1.807, 2.05) is 12.1 Å². The highest BCUT2D eigenvalue weighted by atomic mass is 16.6. The molecule has 0 aliphatic rings. The molecule has 0 aliphatic carbocycles. The Morgan fingerprint density at radius 2 is 1.93 bits per heavy atom. The lowest BCUT2D eigenvalue weighted by Gasteiger charge is -2.15. The minimum Gasteiger partial charge on any atom is -0.496 e. The van der Waals surface area contributed by atoms with Gasteiger partial charge in [0.2, 0.25) is 0 Å². The maximum atomic E-state index is 12.4. The molecule has 0 radical (unpaired) electrons. The molecule has 0 fully saturated rings. The molecule has 0 bridgehead atoms. The molecule has 9 nitrogen and oxygen atoms in total. The minimum absolute atomic E-state index is 0.0268. The van der Waals surface area contributed by atoms with Crippen LogP contribution >= 0.6 is 0 Å². The van der Waals surface area contributed by atoms with E-state index >= 15 is 0 Å². The molecule has 2 aromatic rings. The van der Waals surface area contributed by atoms with E-state index in [1.54, 1.807) is 19.2 Å². The standard InChI is InChI=1S/C19H21N3O6/c1-12(18(23)21-11-13-6-4-5-7-17(13)27-3)28-19(24)15-10-14(22(25)26)8-9-16(15)20-2/h4-10,12,20H,11H2,1-3H3,(H,21,23)/t12-/m0/s1. The predicted octanol–water partition coefficient (Wildman–Crippen LogP) is 2.51. The summed E-state index contributed by atoms with van der Waals surface area (Å²) in [5, 5.41) is 16.4. The van der Waals surface area contributed by atoms with Crippen molar-refractivity contribution in [3.8, 4) is 5.75 Å². The molecule has 0 heterocycles. The number of ether oxygens (including phenoxy) is 2. The van der Waals surface area contributed by atoms with Crippen molar-refractivity contribution in [1.29, 1.82) is 0 Å². The molecule has 9 heteroatoms. The van der Waals surface area contributed by atoms with Crippen molar-refractivity contribution in [2.75, 3.05) is 19.5 Å². The summed E-state index contributed by atoms with van der Waals surface area (Å²) in [5.74, 6) is -0.716. The van der Waals surface area contributed by atoms with Gasteiger partial charge in [-0.25, -0.2) is 4.79 Å². The third kappa shape index (κ3) is 4.97. The molecule has 2 aromatic carbocycles. The van der Waals surface area contributed by atoms with Crippen LogP contribution in [0.4, 0.5) is 11.4 Å². The summed E-state index contributed by atoms with van der Waals surface area (Å²) in [6, 6.07) is 11.0. The molecule has 1 amide bonds. The largest absolute Gasteiger partial charge is 0.496 e. The fourth-order valence-corrected chi connectivity index (χ4v) is 2.49. The molecule has 0 saturated heterocycles. The number of non-ortho nitro benzene ring substituents is 1. The topological polar surface area (TPSA) is 120 Å². The number of esters is 1. The molecular weight excluding hydrogens is 366 g/mol. The van der Waals surface area contributed by atoms with Crippen LogP contribution in [0.2, 0.25) is 0 Å². The van der Waals surface area contributed by atoms with Gasteiger partial charge in [0, 0.05) is 37.0 Å². The van der Waals surface area contributed by atoms with Crippen LogP contribution < -0.4 is 15.4 Å². The first-order valence-corrected chi connectivity index (χ1v) is 8.44. The number of nitro benzene ring substituents is 1. The SMILES string of the molecule is CNc1ccc([N+](=O)[O-])cc1C(=O)O[C@@H](C)C(=O)NCc1ccccc1OC. The molecule has 0 spiro atoms. The summed E-state index contributed by atoms with van der Waals surface area (Å²) >= 11 is 0. The highest BCUT2D eigenvalue weighted by Gasteiger charge is 2.23. The lowest BCUT2D eigenvalue weighted by molar-refractivity contribution is -0.384. The van der Waals surface area contributed by atoms with E-state index in [1.165, 1.54) is 26.2 Å². The molecule has 148 valence electrons. The van der Waals surface area contributed by atoms with Crippen LogP contribution in [-0.2, 0) is 16.1 Å². The first-order valence-electron chi connectivity index (χ1n) is 8.44. The zero-order chi connectivity index (χ0) is 20.7. The summed E-state index contributed by atoms with van der Waals surface area (Å²) < 4.78 is 10.4. The maximum Gasteiger partial charge on any atom is 0.341 e. The number of hydrogen-bond acceptors (Lipinski definition) is 7. The van der Waals surface area contributed by atoms with Crippen LogP contribution in [0.25, 0.3) is 0 Å². The number of nitrogens with one attached hydrogen (secondary N) is 2. The van der Waals surface area contributed by atoms with Crippen molar-refractivity contribution in [2.24, 2.45) is 0 Å². The monoisotopic (exact) mass is 387 g/mol. The third-order valence-electron chi connectivity index (χ3n) is 4.00. The van der Waals surface area contributed by atoms with E-state index in [9.17, 15) is 19.7 Å². The van der Waals surface area contributed by atoms with Gasteiger partial charge in [0.25, 0.3) is 11.6 Å². The molecule has 1 atom stereocenters. The van der Waals surface area contributed by atoms with Crippen LogP contribution in [0.3, 0.4) is 0 Å². The first kappa shape index (κ1) is 20.7. The second kappa shape index (κ2) is 9.36. The lowest BCUT2D eigenvalue weighted by Crippen LogP contribution is -2.35. The Balaban J connectivity index is 2.04.